The van der Waals surface area contributed by atoms with Crippen LogP contribution in [0.2, 0.25) is 5.02 Å². The summed E-state index contributed by atoms with van der Waals surface area (Å²) < 4.78 is 5.32. The second-order valence-electron chi connectivity index (χ2n) is 3.24. The summed E-state index contributed by atoms with van der Waals surface area (Å²) in [6, 6.07) is 5.61. The lowest BCUT2D eigenvalue weighted by Crippen LogP contribution is -1.84. The standard InChI is InChI=1S/C11H9Cl2NO/c1-7-2-3-8(13)4-10(7)11-14-9(5-12)6-15-11/h2-4,6H,5H2,1H3. The van der Waals surface area contributed by atoms with Crippen molar-refractivity contribution in [2.24, 2.45) is 0 Å². The molecule has 0 spiro atoms. The van der Waals surface area contributed by atoms with E-state index in [2.05, 4.69) is 4.98 Å². The van der Waals surface area contributed by atoms with E-state index < -0.39 is 0 Å². The van der Waals surface area contributed by atoms with Gasteiger partial charge in [-0.05, 0) is 24.6 Å². The number of hydrogen-bond acceptors (Lipinski definition) is 2. The van der Waals surface area contributed by atoms with Crippen LogP contribution in [0.3, 0.4) is 0 Å². The van der Waals surface area contributed by atoms with Crippen molar-refractivity contribution in [2.75, 3.05) is 0 Å². The molecule has 0 aliphatic carbocycles. The Hall–Kier alpha value is -0.990. The molecule has 1 aromatic heterocycles. The largest absolute Gasteiger partial charge is 0.444 e. The summed E-state index contributed by atoms with van der Waals surface area (Å²) in [4.78, 5) is 4.24. The Morgan fingerprint density at radius 3 is 2.87 bits per heavy atom. The molecule has 2 nitrogen and oxygen atoms in total. The van der Waals surface area contributed by atoms with Gasteiger partial charge in [-0.25, -0.2) is 4.98 Å². The summed E-state index contributed by atoms with van der Waals surface area (Å²) in [6.07, 6.45) is 1.56. The number of hydrogen-bond donors (Lipinski definition) is 0. The Morgan fingerprint density at radius 1 is 1.40 bits per heavy atom. The number of rotatable bonds is 2. The molecule has 0 amide bonds. The molecule has 0 aliphatic rings. The maximum atomic E-state index is 5.91. The van der Waals surface area contributed by atoms with Crippen molar-refractivity contribution < 1.29 is 4.42 Å². The van der Waals surface area contributed by atoms with Crippen LogP contribution in [0.4, 0.5) is 0 Å². The van der Waals surface area contributed by atoms with Crippen molar-refractivity contribution in [3.63, 3.8) is 0 Å². The Labute approximate surface area is 97.8 Å². The molecule has 0 radical (unpaired) electrons. The zero-order chi connectivity index (χ0) is 10.8. The molecule has 2 aromatic rings. The normalized spacial score (nSPS) is 10.6. The number of alkyl halides is 1. The third-order valence-electron chi connectivity index (χ3n) is 2.12. The average molecular weight is 242 g/mol. The summed E-state index contributed by atoms with van der Waals surface area (Å²) >= 11 is 11.6. The first kappa shape index (κ1) is 10.5. The van der Waals surface area contributed by atoms with Crippen molar-refractivity contribution in [2.45, 2.75) is 12.8 Å². The molecule has 0 unspecified atom stereocenters. The van der Waals surface area contributed by atoms with E-state index in [4.69, 9.17) is 27.6 Å². The Bertz CT molecular complexity index is 479. The van der Waals surface area contributed by atoms with Gasteiger partial charge in [-0.3, -0.25) is 0 Å². The minimum Gasteiger partial charge on any atom is -0.444 e. The van der Waals surface area contributed by atoms with Crippen LogP contribution in [0, 0.1) is 6.92 Å². The van der Waals surface area contributed by atoms with Gasteiger partial charge in [0.25, 0.3) is 0 Å². The molecule has 2 rings (SSSR count). The zero-order valence-corrected chi connectivity index (χ0v) is 9.64. The molecule has 0 aliphatic heterocycles. The van der Waals surface area contributed by atoms with Gasteiger partial charge in [0.1, 0.15) is 6.26 Å². The summed E-state index contributed by atoms with van der Waals surface area (Å²) in [5.41, 5.74) is 2.70. The van der Waals surface area contributed by atoms with Gasteiger partial charge in [0.05, 0.1) is 11.6 Å². The van der Waals surface area contributed by atoms with Crippen molar-refractivity contribution in [3.8, 4) is 11.5 Å². The second-order valence-corrected chi connectivity index (χ2v) is 3.94. The number of halogens is 2. The predicted octanol–water partition coefficient (Wildman–Crippen LogP) is 4.04. The maximum absolute atomic E-state index is 5.91. The molecule has 1 aromatic carbocycles. The highest BCUT2D eigenvalue weighted by Crippen LogP contribution is 2.26. The summed E-state index contributed by atoms with van der Waals surface area (Å²) in [5.74, 6) is 0.911. The molecular formula is C11H9Cl2NO. The fourth-order valence-corrected chi connectivity index (χ4v) is 1.61. The van der Waals surface area contributed by atoms with Crippen LogP contribution >= 0.6 is 23.2 Å². The van der Waals surface area contributed by atoms with Crippen LogP contribution in [0.15, 0.2) is 28.9 Å². The second kappa shape index (κ2) is 4.25. The third-order valence-corrected chi connectivity index (χ3v) is 2.63. The zero-order valence-electron chi connectivity index (χ0n) is 8.13. The van der Waals surface area contributed by atoms with Gasteiger partial charge >= 0.3 is 0 Å². The molecule has 0 N–H and O–H groups in total. The average Bonchev–Trinajstić information content (AvgIpc) is 2.70. The summed E-state index contributed by atoms with van der Waals surface area (Å²) in [7, 11) is 0. The van der Waals surface area contributed by atoms with Crippen molar-refractivity contribution in [3.05, 3.63) is 40.7 Å². The summed E-state index contributed by atoms with van der Waals surface area (Å²) in [5, 5.41) is 0.668. The van der Waals surface area contributed by atoms with Crippen molar-refractivity contribution >= 4 is 23.2 Å². The predicted molar refractivity (Wildman–Crippen MR) is 61.2 cm³/mol. The molecule has 1 heterocycles. The smallest absolute Gasteiger partial charge is 0.226 e. The minimum atomic E-state index is 0.350. The number of benzene rings is 1. The van der Waals surface area contributed by atoms with Crippen LogP contribution in [-0.4, -0.2) is 4.98 Å². The van der Waals surface area contributed by atoms with Gasteiger partial charge in [0, 0.05) is 10.6 Å². The molecule has 0 atom stereocenters. The van der Waals surface area contributed by atoms with E-state index in [1.807, 2.05) is 25.1 Å². The molecule has 0 saturated carbocycles. The third kappa shape index (κ3) is 2.16. The van der Waals surface area contributed by atoms with E-state index in [0.29, 0.717) is 16.8 Å². The minimum absolute atomic E-state index is 0.350. The van der Waals surface area contributed by atoms with Crippen LogP contribution in [0.25, 0.3) is 11.5 Å². The Kier molecular flexibility index (Phi) is 2.98. The topological polar surface area (TPSA) is 26.0 Å². The highest BCUT2D eigenvalue weighted by molar-refractivity contribution is 6.30. The van der Waals surface area contributed by atoms with Gasteiger partial charge in [-0.1, -0.05) is 17.7 Å². The van der Waals surface area contributed by atoms with E-state index >= 15 is 0 Å². The lowest BCUT2D eigenvalue weighted by Gasteiger charge is -2.01. The number of aryl methyl sites for hydroxylation is 1. The monoisotopic (exact) mass is 241 g/mol. The molecule has 4 heteroatoms. The Morgan fingerprint density at radius 2 is 2.20 bits per heavy atom. The van der Waals surface area contributed by atoms with E-state index in [9.17, 15) is 0 Å². The van der Waals surface area contributed by atoms with Gasteiger partial charge < -0.3 is 4.42 Å². The van der Waals surface area contributed by atoms with E-state index in [-0.39, 0.29) is 0 Å². The number of aromatic nitrogens is 1. The molecule has 0 fully saturated rings. The van der Waals surface area contributed by atoms with E-state index in [1.54, 1.807) is 6.26 Å². The van der Waals surface area contributed by atoms with Crippen molar-refractivity contribution in [1.82, 2.24) is 4.98 Å². The SMILES string of the molecule is Cc1ccc(Cl)cc1-c1nc(CCl)co1. The first-order valence-corrected chi connectivity index (χ1v) is 5.39. The quantitative estimate of drug-likeness (QED) is 0.742. The summed E-state index contributed by atoms with van der Waals surface area (Å²) in [6.45, 7) is 1.98. The number of nitrogens with zero attached hydrogens (tertiary/aromatic N) is 1. The van der Waals surface area contributed by atoms with Gasteiger partial charge in [-0.15, -0.1) is 11.6 Å². The van der Waals surface area contributed by atoms with Crippen LogP contribution in [0.1, 0.15) is 11.3 Å². The fraction of sp³-hybridized carbons (Fsp3) is 0.182. The number of oxazole rings is 1. The Balaban J connectivity index is 2.48. The molecule has 78 valence electrons. The van der Waals surface area contributed by atoms with Gasteiger partial charge in [0.15, 0.2) is 0 Å². The van der Waals surface area contributed by atoms with Gasteiger partial charge in [-0.2, -0.15) is 0 Å². The molecule has 0 bridgehead atoms. The molecule has 15 heavy (non-hydrogen) atoms. The highest BCUT2D eigenvalue weighted by atomic mass is 35.5. The first-order chi connectivity index (χ1) is 7.20. The van der Waals surface area contributed by atoms with E-state index in [1.165, 1.54) is 0 Å². The van der Waals surface area contributed by atoms with Crippen LogP contribution in [-0.2, 0) is 5.88 Å². The van der Waals surface area contributed by atoms with Gasteiger partial charge in [0.2, 0.25) is 5.89 Å². The van der Waals surface area contributed by atoms with Crippen LogP contribution in [0.5, 0.6) is 0 Å². The highest BCUT2D eigenvalue weighted by Gasteiger charge is 2.09. The maximum Gasteiger partial charge on any atom is 0.226 e. The lowest BCUT2D eigenvalue weighted by molar-refractivity contribution is 0.573. The molecular weight excluding hydrogens is 233 g/mol. The lowest BCUT2D eigenvalue weighted by atomic mass is 10.1. The van der Waals surface area contributed by atoms with E-state index in [0.717, 1.165) is 16.8 Å². The van der Waals surface area contributed by atoms with Crippen molar-refractivity contribution in [1.29, 1.82) is 0 Å². The first-order valence-electron chi connectivity index (χ1n) is 4.47. The molecule has 0 saturated heterocycles. The fourth-order valence-electron chi connectivity index (χ4n) is 1.32. The van der Waals surface area contributed by atoms with Crippen LogP contribution < -0.4 is 0 Å².